The fraction of sp³-hybridized carbons (Fsp3) is 0.0400. The van der Waals surface area contributed by atoms with Gasteiger partial charge in [-0.1, -0.05) is 66.4 Å². The van der Waals surface area contributed by atoms with Gasteiger partial charge in [0.25, 0.3) is 0 Å². The fourth-order valence-electron chi connectivity index (χ4n) is 3.06. The number of nitrogens with one attached hydrogen (secondary N) is 1. The van der Waals surface area contributed by atoms with E-state index in [1.165, 1.54) is 0 Å². The van der Waals surface area contributed by atoms with Crippen molar-refractivity contribution in [2.45, 2.75) is 6.04 Å². The molecule has 0 saturated carbocycles. The maximum Gasteiger partial charge on any atom is 0.205 e. The van der Waals surface area contributed by atoms with Crippen molar-refractivity contribution in [3.8, 4) is 11.8 Å². The van der Waals surface area contributed by atoms with Gasteiger partial charge in [-0.15, -0.1) is 0 Å². The fourth-order valence-corrected chi connectivity index (χ4v) is 5.39. The summed E-state index contributed by atoms with van der Waals surface area (Å²) >= 11 is 0. The summed E-state index contributed by atoms with van der Waals surface area (Å²) in [5, 5.41) is 4.78. The van der Waals surface area contributed by atoms with Crippen LogP contribution in [-0.2, 0) is 4.57 Å². The molecule has 1 aromatic heterocycles. The molecule has 4 aromatic rings. The molecule has 4 heteroatoms. The van der Waals surface area contributed by atoms with Gasteiger partial charge in [-0.3, -0.25) is 4.57 Å². The number of furan rings is 1. The first-order valence-electron chi connectivity index (χ1n) is 9.35. The molecule has 1 heterocycles. The van der Waals surface area contributed by atoms with Crippen LogP contribution < -0.4 is 15.7 Å². The molecule has 0 bridgehead atoms. The van der Waals surface area contributed by atoms with Crippen LogP contribution in [0.4, 0.5) is 0 Å². The summed E-state index contributed by atoms with van der Waals surface area (Å²) < 4.78 is 19.9. The first-order chi connectivity index (χ1) is 14.3. The second-order valence-corrected chi connectivity index (χ2v) is 9.00. The molecule has 1 N–H and O–H groups in total. The minimum Gasteiger partial charge on any atom is -0.467 e. The first kappa shape index (κ1) is 19.0. The van der Waals surface area contributed by atoms with Gasteiger partial charge >= 0.3 is 0 Å². The average molecular weight is 397 g/mol. The molecule has 0 spiro atoms. The number of rotatable bonds is 5. The van der Waals surface area contributed by atoms with Gasteiger partial charge in [-0.05, 0) is 48.5 Å². The molecule has 3 aromatic carbocycles. The maximum absolute atomic E-state index is 14.3. The van der Waals surface area contributed by atoms with Gasteiger partial charge < -0.3 is 4.42 Å². The van der Waals surface area contributed by atoms with E-state index in [-0.39, 0.29) is 0 Å². The topological polar surface area (TPSA) is 42.2 Å². The molecule has 0 aliphatic heterocycles. The lowest BCUT2D eigenvalue weighted by molar-refractivity contribution is 0.483. The van der Waals surface area contributed by atoms with Crippen LogP contribution in [0, 0.1) is 11.8 Å². The van der Waals surface area contributed by atoms with Crippen LogP contribution in [0.3, 0.4) is 0 Å². The molecule has 0 amide bonds. The quantitative estimate of drug-likeness (QED) is 0.385. The third-order valence-electron chi connectivity index (χ3n) is 4.51. The molecule has 142 valence electrons. The van der Waals surface area contributed by atoms with E-state index in [1.54, 1.807) is 6.26 Å². The van der Waals surface area contributed by atoms with E-state index in [0.29, 0.717) is 5.76 Å². The minimum absolute atomic E-state index is 0.531. The predicted molar refractivity (Wildman–Crippen MR) is 118 cm³/mol. The highest BCUT2D eigenvalue weighted by atomic mass is 31.2. The van der Waals surface area contributed by atoms with Gasteiger partial charge in [-0.2, -0.15) is 0 Å². The molecule has 0 saturated heterocycles. The lowest BCUT2D eigenvalue weighted by Crippen LogP contribution is -2.30. The minimum atomic E-state index is -3.16. The lowest BCUT2D eigenvalue weighted by atomic mass is 10.2. The van der Waals surface area contributed by atoms with E-state index in [1.807, 2.05) is 103 Å². The Balaban J connectivity index is 1.78. The first-order valence-corrected chi connectivity index (χ1v) is 11.1. The highest BCUT2D eigenvalue weighted by molar-refractivity contribution is 7.76. The van der Waals surface area contributed by atoms with Crippen LogP contribution in [0.2, 0.25) is 0 Å². The molecule has 0 aliphatic carbocycles. The largest absolute Gasteiger partial charge is 0.467 e. The van der Waals surface area contributed by atoms with Crippen molar-refractivity contribution in [3.63, 3.8) is 0 Å². The molecule has 0 radical (unpaired) electrons. The van der Waals surface area contributed by atoms with E-state index in [2.05, 4.69) is 16.9 Å². The molecule has 29 heavy (non-hydrogen) atoms. The van der Waals surface area contributed by atoms with Gasteiger partial charge in [0, 0.05) is 16.2 Å². The van der Waals surface area contributed by atoms with E-state index in [4.69, 9.17) is 4.42 Å². The van der Waals surface area contributed by atoms with Crippen molar-refractivity contribution in [1.82, 2.24) is 5.09 Å². The van der Waals surface area contributed by atoms with Crippen LogP contribution in [0.1, 0.15) is 17.4 Å². The molecule has 1 unspecified atom stereocenters. The van der Waals surface area contributed by atoms with E-state index < -0.39 is 13.3 Å². The molecule has 4 rings (SSSR count). The summed E-state index contributed by atoms with van der Waals surface area (Å²) in [4.78, 5) is 0. The predicted octanol–water partition coefficient (Wildman–Crippen LogP) is 4.89. The number of hydrogen-bond donors (Lipinski definition) is 1. The average Bonchev–Trinajstić information content (AvgIpc) is 3.33. The van der Waals surface area contributed by atoms with Crippen molar-refractivity contribution in [2.75, 3.05) is 0 Å². The van der Waals surface area contributed by atoms with Crippen LogP contribution in [0.25, 0.3) is 0 Å². The summed E-state index contributed by atoms with van der Waals surface area (Å²) in [5.41, 5.74) is 0.889. The summed E-state index contributed by atoms with van der Waals surface area (Å²) in [6.45, 7) is 0. The zero-order valence-corrected chi connectivity index (χ0v) is 16.6. The summed E-state index contributed by atoms with van der Waals surface area (Å²) in [6, 6.07) is 31.8. The Kier molecular flexibility index (Phi) is 5.77. The Morgan fingerprint density at radius 3 is 1.79 bits per heavy atom. The van der Waals surface area contributed by atoms with E-state index >= 15 is 0 Å². The molecule has 0 aliphatic rings. The second-order valence-electron chi connectivity index (χ2n) is 6.49. The molecule has 0 fully saturated rings. The van der Waals surface area contributed by atoms with Gasteiger partial charge in [0.1, 0.15) is 11.8 Å². The Hall–Kier alpha value is -3.31. The third kappa shape index (κ3) is 4.41. The lowest BCUT2D eigenvalue weighted by Gasteiger charge is -2.23. The normalized spacial score (nSPS) is 12.0. The Labute approximate surface area is 170 Å². The van der Waals surface area contributed by atoms with Crippen molar-refractivity contribution < 1.29 is 8.98 Å². The van der Waals surface area contributed by atoms with Crippen molar-refractivity contribution >= 4 is 17.9 Å². The summed E-state index contributed by atoms with van der Waals surface area (Å²) in [6.07, 6.45) is 1.60. The van der Waals surface area contributed by atoms with Crippen molar-refractivity contribution in [1.29, 1.82) is 0 Å². The highest BCUT2D eigenvalue weighted by Crippen LogP contribution is 2.41. The van der Waals surface area contributed by atoms with Crippen molar-refractivity contribution in [3.05, 3.63) is 121 Å². The number of hydrogen-bond acceptors (Lipinski definition) is 2. The van der Waals surface area contributed by atoms with Crippen LogP contribution in [-0.4, -0.2) is 0 Å². The molecule has 1 atom stereocenters. The molecular weight excluding hydrogens is 377 g/mol. The Morgan fingerprint density at radius 2 is 1.28 bits per heavy atom. The highest BCUT2D eigenvalue weighted by Gasteiger charge is 2.31. The maximum atomic E-state index is 14.3. The van der Waals surface area contributed by atoms with Gasteiger partial charge in [-0.25, -0.2) is 5.09 Å². The SMILES string of the molecule is O=P(NC(C#Cc1ccccc1)c1ccco1)(c1ccccc1)c1ccccc1. The zero-order chi connectivity index (χ0) is 19.9. The summed E-state index contributed by atoms with van der Waals surface area (Å²) in [5.74, 6) is 7.00. The van der Waals surface area contributed by atoms with Crippen molar-refractivity contribution in [2.24, 2.45) is 0 Å². The summed E-state index contributed by atoms with van der Waals surface area (Å²) in [7, 11) is -3.16. The third-order valence-corrected chi connectivity index (χ3v) is 7.19. The molecule has 3 nitrogen and oxygen atoms in total. The van der Waals surface area contributed by atoms with E-state index in [9.17, 15) is 4.57 Å². The number of benzene rings is 3. The monoisotopic (exact) mass is 397 g/mol. The van der Waals surface area contributed by atoms with Gasteiger partial charge in [0.05, 0.1) is 6.26 Å². The second kappa shape index (κ2) is 8.80. The Morgan fingerprint density at radius 1 is 0.724 bits per heavy atom. The smallest absolute Gasteiger partial charge is 0.205 e. The van der Waals surface area contributed by atoms with Crippen LogP contribution >= 0.6 is 7.29 Å². The van der Waals surface area contributed by atoms with Crippen LogP contribution in [0.15, 0.2) is 114 Å². The van der Waals surface area contributed by atoms with Crippen LogP contribution in [0.5, 0.6) is 0 Å². The Bertz CT molecular complexity index is 1100. The molecular formula is C25H20NO2P. The zero-order valence-electron chi connectivity index (χ0n) is 15.7. The standard InChI is InChI=1S/C25H20NO2P/c27-29(22-13-6-2-7-14-22,23-15-8-3-9-16-23)26-24(25-17-10-20-28-25)19-18-21-11-4-1-5-12-21/h1-17,20,24H,(H,26,27). The van der Waals surface area contributed by atoms with Gasteiger partial charge in [0.15, 0.2) is 0 Å². The van der Waals surface area contributed by atoms with E-state index in [0.717, 1.165) is 16.2 Å². The van der Waals surface area contributed by atoms with Gasteiger partial charge in [0.2, 0.25) is 7.29 Å².